The highest BCUT2D eigenvalue weighted by Crippen LogP contribution is 2.38. The van der Waals surface area contributed by atoms with Gasteiger partial charge in [-0.05, 0) is 53.2 Å². The lowest BCUT2D eigenvalue weighted by Crippen LogP contribution is -2.68. The Morgan fingerprint density at radius 2 is 0.957 bits per heavy atom. The monoisotopic (exact) mass is 654 g/mol. The van der Waals surface area contributed by atoms with E-state index in [1.54, 1.807) is 6.92 Å². The van der Waals surface area contributed by atoms with Gasteiger partial charge in [0.05, 0.1) is 38.3 Å². The predicted octanol–water partition coefficient (Wildman–Crippen LogP) is 6.38. The number of esters is 2. The van der Waals surface area contributed by atoms with Gasteiger partial charge < -0.3 is 19.0 Å². The van der Waals surface area contributed by atoms with Crippen molar-refractivity contribution >= 4 is 30.6 Å². The van der Waals surface area contributed by atoms with Crippen LogP contribution in [0.15, 0.2) is 121 Å². The summed E-state index contributed by atoms with van der Waals surface area (Å²) in [5, 5.41) is 11.7. The van der Waals surface area contributed by atoms with Gasteiger partial charge in [-0.1, -0.05) is 142 Å². The summed E-state index contributed by atoms with van der Waals surface area (Å²) >= 11 is 0. The first kappa shape index (κ1) is 37.4. The van der Waals surface area contributed by atoms with Crippen LogP contribution in [0.4, 0.5) is 0 Å². The van der Waals surface area contributed by atoms with Gasteiger partial charge >= 0.3 is 11.9 Å². The Bertz CT molecular complexity index is 1450. The quantitative estimate of drug-likeness (QED) is 0.141. The second-order valence-electron chi connectivity index (χ2n) is 12.9. The molecule has 4 aromatic carbocycles. The Kier molecular flexibility index (Phi) is 14.1. The lowest BCUT2D eigenvalue weighted by atomic mass is 9.95. The molecule has 1 N–H and O–H groups in total. The summed E-state index contributed by atoms with van der Waals surface area (Å²) < 4.78 is 17.0. The zero-order chi connectivity index (χ0) is 34.5. The first-order chi connectivity index (χ1) is 22.4. The van der Waals surface area contributed by atoms with Crippen LogP contribution in [0.5, 0.6) is 0 Å². The van der Waals surface area contributed by atoms with Crippen LogP contribution in [0.3, 0.4) is 0 Å². The molecule has 0 unspecified atom stereocenters. The number of rotatable bonds is 12. The summed E-state index contributed by atoms with van der Waals surface area (Å²) in [6.45, 7) is 10.4. The minimum atomic E-state index is -2.76. The SMILES string of the molecule is COC(=O)[C@@H](Cc1ccccc1)[C@@H](C)O[Si](c1ccccc1)(c1ccccc1)C(C)(C)C.COC(=O)[C@@H](Cc1ccccc1)[C@H](C)O. The summed E-state index contributed by atoms with van der Waals surface area (Å²) in [4.78, 5) is 24.3. The lowest BCUT2D eigenvalue weighted by Gasteiger charge is -2.45. The van der Waals surface area contributed by atoms with Crippen LogP contribution in [0, 0.1) is 11.8 Å². The molecule has 0 spiro atoms. The van der Waals surface area contributed by atoms with Crippen LogP contribution in [0.1, 0.15) is 45.7 Å². The molecule has 0 aliphatic heterocycles. The van der Waals surface area contributed by atoms with Gasteiger partial charge in [0, 0.05) is 0 Å². The number of aliphatic hydroxyl groups excluding tert-OH is 1. The number of hydrogen-bond donors (Lipinski definition) is 1. The van der Waals surface area contributed by atoms with E-state index in [0.717, 1.165) is 11.1 Å². The molecule has 6 nitrogen and oxygen atoms in total. The first-order valence-corrected chi connectivity index (χ1v) is 18.1. The van der Waals surface area contributed by atoms with Gasteiger partial charge in [-0.2, -0.15) is 0 Å². The van der Waals surface area contributed by atoms with Crippen molar-refractivity contribution in [3.63, 3.8) is 0 Å². The third-order valence-electron chi connectivity index (χ3n) is 8.53. The molecular weight excluding hydrogens is 605 g/mol. The molecule has 0 saturated carbocycles. The molecular formula is C40H50O6Si. The maximum absolute atomic E-state index is 12.9. The van der Waals surface area contributed by atoms with Crippen molar-refractivity contribution in [3.05, 3.63) is 132 Å². The van der Waals surface area contributed by atoms with Crippen molar-refractivity contribution in [1.29, 1.82) is 0 Å². The van der Waals surface area contributed by atoms with Gasteiger partial charge in [0.1, 0.15) is 0 Å². The van der Waals surface area contributed by atoms with Crippen LogP contribution >= 0.6 is 0 Å². The Morgan fingerprint density at radius 3 is 1.30 bits per heavy atom. The van der Waals surface area contributed by atoms with Crippen molar-refractivity contribution in [2.24, 2.45) is 11.8 Å². The number of carbonyl (C=O) groups is 2. The van der Waals surface area contributed by atoms with E-state index in [9.17, 15) is 14.7 Å². The lowest BCUT2D eigenvalue weighted by molar-refractivity contribution is -0.149. The normalized spacial score (nSPS) is 14.0. The molecule has 0 fully saturated rings. The van der Waals surface area contributed by atoms with Crippen molar-refractivity contribution in [2.75, 3.05) is 14.2 Å². The summed E-state index contributed by atoms with van der Waals surface area (Å²) in [5.74, 6) is -1.49. The predicted molar refractivity (Wildman–Crippen MR) is 191 cm³/mol. The highest BCUT2D eigenvalue weighted by atomic mass is 28.4. The van der Waals surface area contributed by atoms with Crippen LogP contribution in [-0.4, -0.2) is 51.8 Å². The molecule has 0 aliphatic rings. The molecule has 0 saturated heterocycles. The van der Waals surface area contributed by atoms with Gasteiger partial charge in [-0.25, -0.2) is 0 Å². The maximum Gasteiger partial charge on any atom is 0.311 e. The van der Waals surface area contributed by atoms with Gasteiger partial charge in [0.2, 0.25) is 0 Å². The van der Waals surface area contributed by atoms with E-state index in [4.69, 9.17) is 9.16 Å². The Labute approximate surface area is 281 Å². The van der Waals surface area contributed by atoms with Crippen molar-refractivity contribution < 1.29 is 28.6 Å². The highest BCUT2D eigenvalue weighted by Gasteiger charge is 2.52. The van der Waals surface area contributed by atoms with E-state index in [-0.39, 0.29) is 23.1 Å². The topological polar surface area (TPSA) is 82.1 Å². The van der Waals surface area contributed by atoms with Crippen LogP contribution in [-0.2, 0) is 36.3 Å². The number of carbonyl (C=O) groups excluding carboxylic acids is 2. The molecule has 4 rings (SSSR count). The van der Waals surface area contributed by atoms with Crippen molar-refractivity contribution in [2.45, 2.75) is 64.7 Å². The Hall–Kier alpha value is -4.04. The number of aliphatic hydroxyl groups is 1. The molecule has 4 atom stereocenters. The van der Waals surface area contributed by atoms with Crippen LogP contribution in [0.25, 0.3) is 0 Å². The third-order valence-corrected chi connectivity index (χ3v) is 13.7. The van der Waals surface area contributed by atoms with E-state index < -0.39 is 26.3 Å². The highest BCUT2D eigenvalue weighted by molar-refractivity contribution is 6.99. The number of methoxy groups -OCH3 is 2. The molecule has 0 amide bonds. The number of hydrogen-bond acceptors (Lipinski definition) is 6. The molecule has 4 aromatic rings. The van der Waals surface area contributed by atoms with E-state index in [1.165, 1.54) is 24.6 Å². The fourth-order valence-electron chi connectivity index (χ4n) is 5.98. The van der Waals surface area contributed by atoms with E-state index in [0.29, 0.717) is 12.8 Å². The largest absolute Gasteiger partial charge is 0.469 e. The van der Waals surface area contributed by atoms with Crippen molar-refractivity contribution in [1.82, 2.24) is 0 Å². The van der Waals surface area contributed by atoms with E-state index >= 15 is 0 Å². The molecule has 0 bridgehead atoms. The minimum absolute atomic E-state index is 0.155. The second-order valence-corrected chi connectivity index (χ2v) is 17.1. The smallest absolute Gasteiger partial charge is 0.311 e. The van der Waals surface area contributed by atoms with E-state index in [2.05, 4.69) is 74.0 Å². The number of ether oxygens (including phenoxy) is 2. The zero-order valence-electron chi connectivity index (χ0n) is 28.8. The van der Waals surface area contributed by atoms with Crippen LogP contribution < -0.4 is 10.4 Å². The molecule has 0 heterocycles. The average Bonchev–Trinajstić information content (AvgIpc) is 3.09. The molecule has 0 radical (unpaired) electrons. The first-order valence-electron chi connectivity index (χ1n) is 16.1. The summed E-state index contributed by atoms with van der Waals surface area (Å²) in [6, 6.07) is 40.7. The van der Waals surface area contributed by atoms with Gasteiger partial charge in [0.25, 0.3) is 8.32 Å². The summed E-state index contributed by atoms with van der Waals surface area (Å²) in [5.41, 5.74) is 2.12. The average molecular weight is 655 g/mol. The standard InChI is InChI=1S/C28H34O3Si.C12H16O3/c1-22(26(27(29)30-5)21-23-15-9-6-10-16-23)31-32(28(2,3)4,24-17-11-7-12-18-24)25-19-13-8-14-20-25;1-9(13)11(12(14)15-2)8-10-6-4-3-5-7-10/h6-20,22,26H,21H2,1-5H3;3-7,9,11,13H,8H2,1-2H3/t22-,26+;9-,11-/m10/s1. The fourth-order valence-corrected chi connectivity index (χ4v) is 10.7. The zero-order valence-corrected chi connectivity index (χ0v) is 29.8. The molecule has 250 valence electrons. The molecule has 7 heteroatoms. The van der Waals surface area contributed by atoms with Gasteiger partial charge in [-0.15, -0.1) is 0 Å². The number of benzene rings is 4. The Morgan fingerprint density at radius 1 is 0.617 bits per heavy atom. The van der Waals surface area contributed by atoms with Crippen molar-refractivity contribution in [3.8, 4) is 0 Å². The van der Waals surface area contributed by atoms with Gasteiger partial charge in [0.15, 0.2) is 0 Å². The van der Waals surface area contributed by atoms with E-state index in [1.807, 2.05) is 79.7 Å². The van der Waals surface area contributed by atoms with Crippen LogP contribution in [0.2, 0.25) is 5.04 Å². The van der Waals surface area contributed by atoms with Gasteiger partial charge in [-0.3, -0.25) is 9.59 Å². The fraction of sp³-hybridized carbons (Fsp3) is 0.350. The molecule has 47 heavy (non-hydrogen) atoms. The maximum atomic E-state index is 12.9. The minimum Gasteiger partial charge on any atom is -0.469 e. The summed E-state index contributed by atoms with van der Waals surface area (Å²) in [7, 11) is 0.0315. The summed E-state index contributed by atoms with van der Waals surface area (Å²) in [6.07, 6.45) is 0.0598. The third kappa shape index (κ3) is 9.97. The second kappa shape index (κ2) is 17.8. The molecule has 0 aliphatic carbocycles. The molecule has 0 aromatic heterocycles. The Balaban J connectivity index is 0.000000335.